The fraction of sp³-hybridized carbons (Fsp3) is 0.0968. The number of carbonyl (C=O) groups excluding carboxylic acids is 2. The van der Waals surface area contributed by atoms with E-state index in [1.165, 1.54) is 11.9 Å². The van der Waals surface area contributed by atoms with Crippen LogP contribution in [-0.4, -0.2) is 11.7 Å². The molecule has 0 unspecified atom stereocenters. The first kappa shape index (κ1) is 24.2. The summed E-state index contributed by atoms with van der Waals surface area (Å²) in [5.41, 5.74) is 4.75. The average molecular weight is 478 g/mol. The number of benzene rings is 4. The summed E-state index contributed by atoms with van der Waals surface area (Å²) in [7, 11) is 0. The molecule has 0 saturated heterocycles. The molecule has 4 rings (SSSR count). The van der Waals surface area contributed by atoms with Crippen LogP contribution >= 0.6 is 11.9 Å². The number of anilines is 1. The minimum Gasteiger partial charge on any atom is -0.295 e. The number of allylic oxidation sites excluding steroid dienone is 1. The third-order valence-electron chi connectivity index (χ3n) is 5.55. The highest BCUT2D eigenvalue weighted by atomic mass is 32.2. The van der Waals surface area contributed by atoms with Crippen molar-refractivity contribution in [2.45, 2.75) is 24.7 Å². The Labute approximate surface area is 211 Å². The second-order valence-corrected chi connectivity index (χ2v) is 9.10. The first-order valence-electron chi connectivity index (χ1n) is 11.6. The van der Waals surface area contributed by atoms with E-state index in [1.807, 2.05) is 78.9 Å². The van der Waals surface area contributed by atoms with Crippen molar-refractivity contribution in [2.24, 2.45) is 0 Å². The number of amides is 1. The molecule has 0 fully saturated rings. The predicted octanol–water partition coefficient (Wildman–Crippen LogP) is 7.84. The minimum atomic E-state index is 0.00429. The molecule has 0 saturated carbocycles. The van der Waals surface area contributed by atoms with Gasteiger partial charge in [0.15, 0.2) is 5.78 Å². The van der Waals surface area contributed by atoms with E-state index in [9.17, 15) is 9.59 Å². The zero-order chi connectivity index (χ0) is 24.5. The molecule has 0 bridgehead atoms. The van der Waals surface area contributed by atoms with Gasteiger partial charge in [0, 0.05) is 16.9 Å². The van der Waals surface area contributed by atoms with Crippen molar-refractivity contribution >= 4 is 34.9 Å². The fourth-order valence-corrected chi connectivity index (χ4v) is 4.66. The second kappa shape index (κ2) is 12.0. The van der Waals surface area contributed by atoms with Gasteiger partial charge in [0.05, 0.1) is 5.69 Å². The van der Waals surface area contributed by atoms with Gasteiger partial charge in [0.2, 0.25) is 5.91 Å². The molecule has 0 atom stereocenters. The molecule has 0 aromatic heterocycles. The van der Waals surface area contributed by atoms with E-state index in [0.717, 1.165) is 27.3 Å². The van der Waals surface area contributed by atoms with Crippen LogP contribution in [0.15, 0.2) is 126 Å². The van der Waals surface area contributed by atoms with Gasteiger partial charge in [-0.3, -0.25) is 9.59 Å². The monoisotopic (exact) mass is 477 g/mol. The van der Waals surface area contributed by atoms with Gasteiger partial charge in [-0.2, -0.15) is 0 Å². The lowest BCUT2D eigenvalue weighted by Gasteiger charge is -2.21. The van der Waals surface area contributed by atoms with Crippen LogP contribution in [0.5, 0.6) is 0 Å². The Morgan fingerprint density at radius 1 is 0.686 bits per heavy atom. The number of ketones is 1. The van der Waals surface area contributed by atoms with Crippen molar-refractivity contribution in [3.05, 3.63) is 138 Å². The topological polar surface area (TPSA) is 37.4 Å². The third-order valence-corrected chi connectivity index (χ3v) is 6.63. The number of rotatable bonds is 9. The molecule has 4 aromatic carbocycles. The molecule has 0 N–H and O–H groups in total. The summed E-state index contributed by atoms with van der Waals surface area (Å²) < 4.78 is 1.72. The van der Waals surface area contributed by atoms with Crippen LogP contribution in [0.3, 0.4) is 0 Å². The standard InChI is InChI=1S/C31H27NO2S/c1-24(33)25-20-22-28(23-21-25)32(35-29-16-9-4-10-17-29)31(34)19-11-18-30(26-12-5-2-6-13-26)27-14-7-3-8-15-27/h2-10,12-18,20-23H,11,19H2,1H3. The largest absolute Gasteiger partial charge is 0.295 e. The highest BCUT2D eigenvalue weighted by molar-refractivity contribution is 8.01. The Balaban J connectivity index is 1.56. The average Bonchev–Trinajstić information content (AvgIpc) is 2.91. The summed E-state index contributed by atoms with van der Waals surface area (Å²) in [6.45, 7) is 1.54. The SMILES string of the molecule is CC(=O)c1ccc(N(Sc2ccccc2)C(=O)CCC=C(c2ccccc2)c2ccccc2)cc1. The van der Waals surface area contributed by atoms with E-state index >= 15 is 0 Å². The lowest BCUT2D eigenvalue weighted by Crippen LogP contribution is -2.23. The van der Waals surface area contributed by atoms with Gasteiger partial charge in [0.1, 0.15) is 0 Å². The summed E-state index contributed by atoms with van der Waals surface area (Å²) in [4.78, 5) is 26.1. The lowest BCUT2D eigenvalue weighted by atomic mass is 9.96. The molecular weight excluding hydrogens is 450 g/mol. The Hall–Kier alpha value is -3.89. The van der Waals surface area contributed by atoms with Crippen LogP contribution < -0.4 is 4.31 Å². The van der Waals surface area contributed by atoms with Crippen LogP contribution in [-0.2, 0) is 4.79 Å². The zero-order valence-corrected chi connectivity index (χ0v) is 20.4. The van der Waals surface area contributed by atoms with Gasteiger partial charge in [-0.1, -0.05) is 84.9 Å². The first-order chi connectivity index (χ1) is 17.1. The van der Waals surface area contributed by atoms with Crippen molar-refractivity contribution < 1.29 is 9.59 Å². The lowest BCUT2D eigenvalue weighted by molar-refractivity contribution is -0.117. The Bertz CT molecular complexity index is 1240. The number of Topliss-reactive ketones (excluding diaryl/α,β-unsaturated/α-hetero) is 1. The highest BCUT2D eigenvalue weighted by Gasteiger charge is 2.18. The van der Waals surface area contributed by atoms with E-state index in [0.29, 0.717) is 18.4 Å². The summed E-state index contributed by atoms with van der Waals surface area (Å²) in [5, 5.41) is 0. The Kier molecular flexibility index (Phi) is 8.31. The van der Waals surface area contributed by atoms with Gasteiger partial charge in [-0.05, 0) is 78.4 Å². The number of hydrogen-bond donors (Lipinski definition) is 0. The van der Waals surface area contributed by atoms with Gasteiger partial charge in [-0.25, -0.2) is 4.31 Å². The molecular formula is C31H27NO2S. The van der Waals surface area contributed by atoms with E-state index in [-0.39, 0.29) is 11.7 Å². The van der Waals surface area contributed by atoms with Crippen LogP contribution in [0, 0.1) is 0 Å². The first-order valence-corrected chi connectivity index (χ1v) is 12.4. The molecule has 4 aromatic rings. The van der Waals surface area contributed by atoms with Crippen molar-refractivity contribution in [3.63, 3.8) is 0 Å². The van der Waals surface area contributed by atoms with Gasteiger partial charge in [0.25, 0.3) is 0 Å². The predicted molar refractivity (Wildman–Crippen MR) is 145 cm³/mol. The van der Waals surface area contributed by atoms with Gasteiger partial charge in [-0.15, -0.1) is 0 Å². The smallest absolute Gasteiger partial charge is 0.237 e. The van der Waals surface area contributed by atoms with Crippen molar-refractivity contribution in [2.75, 3.05) is 4.31 Å². The number of nitrogens with zero attached hydrogens (tertiary/aromatic N) is 1. The molecule has 0 heterocycles. The van der Waals surface area contributed by atoms with E-state index in [1.54, 1.807) is 23.4 Å². The molecule has 3 nitrogen and oxygen atoms in total. The zero-order valence-electron chi connectivity index (χ0n) is 19.6. The quantitative estimate of drug-likeness (QED) is 0.182. The molecule has 35 heavy (non-hydrogen) atoms. The highest BCUT2D eigenvalue weighted by Crippen LogP contribution is 2.31. The Morgan fingerprint density at radius 3 is 1.71 bits per heavy atom. The third kappa shape index (κ3) is 6.58. The van der Waals surface area contributed by atoms with Gasteiger partial charge >= 0.3 is 0 Å². The van der Waals surface area contributed by atoms with E-state index < -0.39 is 0 Å². The van der Waals surface area contributed by atoms with E-state index in [4.69, 9.17) is 0 Å². The second-order valence-electron chi connectivity index (χ2n) is 8.08. The molecule has 174 valence electrons. The molecule has 0 aliphatic rings. The van der Waals surface area contributed by atoms with E-state index in [2.05, 4.69) is 30.3 Å². The summed E-state index contributed by atoms with van der Waals surface area (Å²) >= 11 is 1.39. The molecule has 0 aliphatic carbocycles. The van der Waals surface area contributed by atoms with Crippen molar-refractivity contribution in [1.29, 1.82) is 0 Å². The molecule has 4 heteroatoms. The van der Waals surface area contributed by atoms with Gasteiger partial charge < -0.3 is 0 Å². The molecule has 0 spiro atoms. The van der Waals surface area contributed by atoms with Crippen LogP contribution in [0.1, 0.15) is 41.3 Å². The number of hydrogen-bond acceptors (Lipinski definition) is 3. The normalized spacial score (nSPS) is 10.4. The van der Waals surface area contributed by atoms with Crippen LogP contribution in [0.4, 0.5) is 5.69 Å². The maximum Gasteiger partial charge on any atom is 0.237 e. The molecule has 0 aliphatic heterocycles. The van der Waals surface area contributed by atoms with Crippen LogP contribution in [0.25, 0.3) is 5.57 Å². The number of carbonyl (C=O) groups is 2. The summed E-state index contributed by atoms with van der Waals surface area (Å²) in [6, 6.07) is 37.5. The maximum atomic E-state index is 13.4. The molecule has 0 radical (unpaired) electrons. The van der Waals surface area contributed by atoms with Crippen molar-refractivity contribution in [3.8, 4) is 0 Å². The fourth-order valence-electron chi connectivity index (χ4n) is 3.75. The van der Waals surface area contributed by atoms with Crippen LogP contribution in [0.2, 0.25) is 0 Å². The minimum absolute atomic E-state index is 0.00429. The Morgan fingerprint density at radius 2 is 1.20 bits per heavy atom. The molecule has 1 amide bonds. The van der Waals surface area contributed by atoms with Crippen molar-refractivity contribution in [1.82, 2.24) is 0 Å². The summed E-state index contributed by atoms with van der Waals surface area (Å²) in [5.74, 6) is 0.00998. The summed E-state index contributed by atoms with van der Waals surface area (Å²) in [6.07, 6.45) is 3.11. The maximum absolute atomic E-state index is 13.4.